The van der Waals surface area contributed by atoms with Gasteiger partial charge in [0.15, 0.2) is 0 Å². The highest BCUT2D eigenvalue weighted by Crippen LogP contribution is 2.27. The smallest absolute Gasteiger partial charge is 0.211 e. The minimum Gasteiger partial charge on any atom is -0.301 e. The molecule has 0 aromatic rings. The van der Waals surface area contributed by atoms with Crippen molar-refractivity contribution < 1.29 is 8.42 Å². The Hall–Kier alpha value is -0.170. The molecule has 1 N–H and O–H groups in total. The van der Waals surface area contributed by atoms with Crippen molar-refractivity contribution in [1.82, 2.24) is 14.5 Å². The largest absolute Gasteiger partial charge is 0.301 e. The molecule has 1 saturated carbocycles. The van der Waals surface area contributed by atoms with E-state index in [0.29, 0.717) is 18.2 Å². The molecule has 1 atom stereocenters. The molecule has 1 unspecified atom stereocenters. The first-order chi connectivity index (χ1) is 9.50. The molecule has 20 heavy (non-hydrogen) atoms. The van der Waals surface area contributed by atoms with E-state index >= 15 is 0 Å². The van der Waals surface area contributed by atoms with Gasteiger partial charge in [-0.25, -0.2) is 13.1 Å². The predicted molar refractivity (Wildman–Crippen MR) is 82.3 cm³/mol. The van der Waals surface area contributed by atoms with E-state index in [2.05, 4.69) is 28.4 Å². The van der Waals surface area contributed by atoms with Gasteiger partial charge >= 0.3 is 0 Å². The van der Waals surface area contributed by atoms with Crippen molar-refractivity contribution in [2.45, 2.75) is 39.2 Å². The molecule has 0 bridgehead atoms. The van der Waals surface area contributed by atoms with Crippen molar-refractivity contribution in [3.05, 3.63) is 0 Å². The molecule has 0 aromatic heterocycles. The lowest BCUT2D eigenvalue weighted by Gasteiger charge is -2.37. The molecule has 0 spiro atoms. The Balaban J connectivity index is 1.70. The zero-order valence-electron chi connectivity index (χ0n) is 12.8. The van der Waals surface area contributed by atoms with Crippen LogP contribution in [0.2, 0.25) is 0 Å². The molecule has 5 nitrogen and oxygen atoms in total. The third-order valence-electron chi connectivity index (χ3n) is 4.76. The molecule has 1 aliphatic carbocycles. The summed E-state index contributed by atoms with van der Waals surface area (Å²) in [7, 11) is -3.08. The van der Waals surface area contributed by atoms with Gasteiger partial charge in [0.25, 0.3) is 0 Å². The van der Waals surface area contributed by atoms with Crippen molar-refractivity contribution in [2.24, 2.45) is 5.92 Å². The average molecular weight is 303 g/mol. The molecule has 0 amide bonds. The fraction of sp³-hybridized carbons (Fsp3) is 1.00. The second-order valence-corrected chi connectivity index (χ2v) is 8.10. The number of hydrogen-bond acceptors (Lipinski definition) is 4. The highest BCUT2D eigenvalue weighted by Gasteiger charge is 2.26. The van der Waals surface area contributed by atoms with Gasteiger partial charge < -0.3 is 4.90 Å². The normalized spacial score (nSPS) is 24.5. The summed E-state index contributed by atoms with van der Waals surface area (Å²) in [5, 5.41) is 0. The van der Waals surface area contributed by atoms with Gasteiger partial charge in [-0.15, -0.1) is 0 Å². The number of nitrogens with zero attached hydrogens (tertiary/aromatic N) is 2. The Morgan fingerprint density at radius 3 is 2.35 bits per heavy atom. The summed E-state index contributed by atoms with van der Waals surface area (Å²) in [6.45, 7) is 10.2. The highest BCUT2D eigenvalue weighted by atomic mass is 32.2. The topological polar surface area (TPSA) is 52.6 Å². The first-order valence-corrected chi connectivity index (χ1v) is 9.59. The lowest BCUT2D eigenvalue weighted by Crippen LogP contribution is -2.52. The molecule has 6 heteroatoms. The maximum absolute atomic E-state index is 12.0. The quantitative estimate of drug-likeness (QED) is 0.753. The van der Waals surface area contributed by atoms with E-state index in [1.54, 1.807) is 0 Å². The second-order valence-electron chi connectivity index (χ2n) is 6.25. The van der Waals surface area contributed by atoms with Crippen LogP contribution in [0, 0.1) is 5.92 Å². The monoisotopic (exact) mass is 303 g/mol. The molecule has 1 aliphatic heterocycles. The van der Waals surface area contributed by atoms with Crippen molar-refractivity contribution >= 4 is 10.0 Å². The summed E-state index contributed by atoms with van der Waals surface area (Å²) in [6, 6.07) is 0.283. The van der Waals surface area contributed by atoms with Crippen LogP contribution in [0.15, 0.2) is 0 Å². The Morgan fingerprint density at radius 1 is 1.20 bits per heavy atom. The minimum atomic E-state index is -3.08. The van der Waals surface area contributed by atoms with Crippen molar-refractivity contribution in [3.63, 3.8) is 0 Å². The van der Waals surface area contributed by atoms with Gasteiger partial charge in [-0.3, -0.25) is 4.90 Å². The van der Waals surface area contributed by atoms with Crippen LogP contribution in [-0.2, 0) is 10.0 Å². The van der Waals surface area contributed by atoms with Gasteiger partial charge in [0, 0.05) is 38.8 Å². The minimum absolute atomic E-state index is 0.283. The number of nitrogens with one attached hydrogen (secondary N) is 1. The summed E-state index contributed by atoms with van der Waals surface area (Å²) < 4.78 is 26.8. The first-order valence-electron chi connectivity index (χ1n) is 7.94. The molecule has 0 aromatic carbocycles. The van der Waals surface area contributed by atoms with Crippen LogP contribution < -0.4 is 4.72 Å². The molecule has 1 saturated heterocycles. The number of hydrogen-bond donors (Lipinski definition) is 1. The van der Waals surface area contributed by atoms with Gasteiger partial charge in [0.1, 0.15) is 0 Å². The maximum atomic E-state index is 12.0. The molecule has 0 radical (unpaired) electrons. The molecular formula is C14H29N3O2S. The zero-order valence-corrected chi connectivity index (χ0v) is 13.7. The molecule has 118 valence electrons. The van der Waals surface area contributed by atoms with Gasteiger partial charge in [0.2, 0.25) is 10.0 Å². The van der Waals surface area contributed by atoms with Gasteiger partial charge in [-0.05, 0) is 32.2 Å². The van der Waals surface area contributed by atoms with Crippen LogP contribution in [0.3, 0.4) is 0 Å². The van der Waals surface area contributed by atoms with Gasteiger partial charge in [-0.1, -0.05) is 13.3 Å². The molecule has 1 heterocycles. The zero-order chi connectivity index (χ0) is 14.6. The summed E-state index contributed by atoms with van der Waals surface area (Å²) in [6.07, 6.45) is 3.35. The molecular weight excluding hydrogens is 274 g/mol. The second kappa shape index (κ2) is 7.20. The van der Waals surface area contributed by atoms with Gasteiger partial charge in [0.05, 0.1) is 5.75 Å². The van der Waals surface area contributed by atoms with E-state index in [0.717, 1.165) is 45.6 Å². The average Bonchev–Trinajstić information content (AvgIpc) is 2.41. The van der Waals surface area contributed by atoms with E-state index in [4.69, 9.17) is 0 Å². The number of piperazine rings is 1. The third-order valence-corrected chi connectivity index (χ3v) is 6.27. The van der Waals surface area contributed by atoms with Crippen molar-refractivity contribution in [1.29, 1.82) is 0 Å². The number of likely N-dealkylation sites (N-methyl/N-ethyl adjacent to an activating group) is 1. The van der Waals surface area contributed by atoms with Crippen molar-refractivity contribution in [3.8, 4) is 0 Å². The van der Waals surface area contributed by atoms with Crippen LogP contribution in [0.4, 0.5) is 0 Å². The summed E-state index contributed by atoms with van der Waals surface area (Å²) in [5.41, 5.74) is 0. The van der Waals surface area contributed by atoms with Crippen LogP contribution in [0.1, 0.15) is 33.1 Å². The first kappa shape index (κ1) is 16.2. The third kappa shape index (κ3) is 4.69. The maximum Gasteiger partial charge on any atom is 0.211 e. The predicted octanol–water partition coefficient (Wildman–Crippen LogP) is 0.732. The van der Waals surface area contributed by atoms with Crippen molar-refractivity contribution in [2.75, 3.05) is 45.0 Å². The molecule has 2 fully saturated rings. The lowest BCUT2D eigenvalue weighted by molar-refractivity contribution is 0.107. The van der Waals surface area contributed by atoms with E-state index < -0.39 is 10.0 Å². The van der Waals surface area contributed by atoms with E-state index in [9.17, 15) is 8.42 Å². The van der Waals surface area contributed by atoms with E-state index in [1.165, 1.54) is 6.42 Å². The Kier molecular flexibility index (Phi) is 5.84. The standard InChI is InChI=1S/C14H29N3O2S/c1-3-16-7-9-17(10-8-16)13(2)11-15-20(18,19)12-14-5-4-6-14/h13-15H,3-12H2,1-2H3. The Morgan fingerprint density at radius 2 is 1.85 bits per heavy atom. The fourth-order valence-electron chi connectivity index (χ4n) is 2.93. The Bertz CT molecular complexity index is 387. The summed E-state index contributed by atoms with van der Waals surface area (Å²) in [5.74, 6) is 0.722. The van der Waals surface area contributed by atoms with Crippen LogP contribution in [0.5, 0.6) is 0 Å². The summed E-state index contributed by atoms with van der Waals surface area (Å²) in [4.78, 5) is 4.82. The highest BCUT2D eigenvalue weighted by molar-refractivity contribution is 7.89. The lowest BCUT2D eigenvalue weighted by atomic mass is 9.87. The number of sulfonamides is 1. The SMILES string of the molecule is CCN1CCN(C(C)CNS(=O)(=O)CC2CCC2)CC1. The Labute approximate surface area is 123 Å². The van der Waals surface area contributed by atoms with E-state index in [-0.39, 0.29) is 6.04 Å². The van der Waals surface area contributed by atoms with E-state index in [1.807, 2.05) is 0 Å². The van der Waals surface area contributed by atoms with Crippen LogP contribution >= 0.6 is 0 Å². The van der Waals surface area contributed by atoms with Gasteiger partial charge in [-0.2, -0.15) is 0 Å². The van der Waals surface area contributed by atoms with Crippen LogP contribution in [-0.4, -0.2) is 69.3 Å². The molecule has 2 aliphatic rings. The molecule has 2 rings (SSSR count). The van der Waals surface area contributed by atoms with Crippen LogP contribution in [0.25, 0.3) is 0 Å². The number of rotatable bonds is 7. The fourth-order valence-corrected chi connectivity index (χ4v) is 4.49. The summed E-state index contributed by atoms with van der Waals surface area (Å²) >= 11 is 0.